The minimum absolute atomic E-state index is 0.00980. The van der Waals surface area contributed by atoms with Crippen molar-refractivity contribution in [1.82, 2.24) is 10.2 Å². The number of aryl methyl sites for hydroxylation is 1. The van der Waals surface area contributed by atoms with Crippen molar-refractivity contribution in [2.45, 2.75) is 31.8 Å². The van der Waals surface area contributed by atoms with Crippen LogP contribution in [0.3, 0.4) is 0 Å². The summed E-state index contributed by atoms with van der Waals surface area (Å²) in [7, 11) is 2.09. The highest BCUT2D eigenvalue weighted by Gasteiger charge is 2.24. The van der Waals surface area contributed by atoms with Gasteiger partial charge in [-0.25, -0.2) is 4.39 Å². The van der Waals surface area contributed by atoms with Crippen LogP contribution in [0.15, 0.2) is 46.9 Å². The molecule has 1 aliphatic rings. The molecule has 1 amide bonds. The minimum atomic E-state index is -0.258. The van der Waals surface area contributed by atoms with Gasteiger partial charge in [0.05, 0.1) is 0 Å². The van der Waals surface area contributed by atoms with Gasteiger partial charge < -0.3 is 5.32 Å². The summed E-state index contributed by atoms with van der Waals surface area (Å²) < 4.78 is 14.3. The first-order chi connectivity index (χ1) is 12.0. The zero-order valence-corrected chi connectivity index (χ0v) is 15.9. The number of carbonyl (C=O) groups is 1. The van der Waals surface area contributed by atoms with E-state index in [1.54, 1.807) is 6.07 Å². The number of halogens is 2. The highest BCUT2D eigenvalue weighted by atomic mass is 79.9. The molecular weight excluding hydrogens is 383 g/mol. The quantitative estimate of drug-likeness (QED) is 0.823. The molecule has 2 aromatic carbocycles. The molecular formula is C20H22BrFN2O. The Morgan fingerprint density at radius 3 is 2.92 bits per heavy atom. The van der Waals surface area contributed by atoms with E-state index in [4.69, 9.17) is 0 Å². The number of benzene rings is 2. The SMILES string of the molecule is CN1Cc2cccc(Br)c2C[C@H]1CNC(=O)CCc1cccc(F)c1. The van der Waals surface area contributed by atoms with E-state index in [1.807, 2.05) is 6.07 Å². The van der Waals surface area contributed by atoms with E-state index < -0.39 is 0 Å². The topological polar surface area (TPSA) is 32.3 Å². The van der Waals surface area contributed by atoms with Gasteiger partial charge in [0.25, 0.3) is 0 Å². The maximum atomic E-state index is 13.2. The Hall–Kier alpha value is -1.72. The van der Waals surface area contributed by atoms with Crippen molar-refractivity contribution in [3.63, 3.8) is 0 Å². The van der Waals surface area contributed by atoms with Crippen molar-refractivity contribution >= 4 is 21.8 Å². The summed E-state index contributed by atoms with van der Waals surface area (Å²) in [6.07, 6.45) is 1.84. The lowest BCUT2D eigenvalue weighted by atomic mass is 9.94. The Labute approximate surface area is 156 Å². The fourth-order valence-electron chi connectivity index (χ4n) is 3.27. The number of amides is 1. The molecule has 3 rings (SSSR count). The number of nitrogens with one attached hydrogen (secondary N) is 1. The highest BCUT2D eigenvalue weighted by Crippen LogP contribution is 2.28. The van der Waals surface area contributed by atoms with Crippen LogP contribution in [-0.2, 0) is 24.2 Å². The molecule has 0 aromatic heterocycles. The number of carbonyl (C=O) groups excluding carboxylic acids is 1. The normalized spacial score (nSPS) is 17.2. The summed E-state index contributed by atoms with van der Waals surface area (Å²) in [4.78, 5) is 14.4. The van der Waals surface area contributed by atoms with Crippen molar-refractivity contribution in [3.8, 4) is 0 Å². The van der Waals surface area contributed by atoms with E-state index in [9.17, 15) is 9.18 Å². The lowest BCUT2D eigenvalue weighted by molar-refractivity contribution is -0.121. The molecule has 0 saturated heterocycles. The molecule has 132 valence electrons. The van der Waals surface area contributed by atoms with Crippen molar-refractivity contribution in [1.29, 1.82) is 0 Å². The molecule has 0 aliphatic carbocycles. The average molecular weight is 405 g/mol. The summed E-state index contributed by atoms with van der Waals surface area (Å²) in [5.74, 6) is -0.249. The van der Waals surface area contributed by atoms with Crippen LogP contribution in [0.1, 0.15) is 23.1 Å². The number of hydrogen-bond acceptors (Lipinski definition) is 2. The van der Waals surface area contributed by atoms with E-state index in [-0.39, 0.29) is 17.8 Å². The van der Waals surface area contributed by atoms with Gasteiger partial charge in [-0.3, -0.25) is 9.69 Å². The first kappa shape index (κ1) is 18.1. The van der Waals surface area contributed by atoms with Gasteiger partial charge in [0.2, 0.25) is 5.91 Å². The van der Waals surface area contributed by atoms with Crippen LogP contribution in [0.25, 0.3) is 0 Å². The molecule has 25 heavy (non-hydrogen) atoms. The molecule has 1 N–H and O–H groups in total. The Bertz CT molecular complexity index is 765. The summed E-state index contributed by atoms with van der Waals surface area (Å²) in [5, 5.41) is 3.03. The van der Waals surface area contributed by atoms with Gasteiger partial charge in [-0.1, -0.05) is 40.2 Å². The van der Waals surface area contributed by atoms with Crippen LogP contribution in [0, 0.1) is 5.82 Å². The van der Waals surface area contributed by atoms with Crippen LogP contribution in [0.2, 0.25) is 0 Å². The summed E-state index contributed by atoms with van der Waals surface area (Å²) in [6.45, 7) is 1.51. The van der Waals surface area contributed by atoms with Crippen LogP contribution in [-0.4, -0.2) is 30.4 Å². The molecule has 0 saturated carbocycles. The lowest BCUT2D eigenvalue weighted by Crippen LogP contribution is -2.45. The maximum Gasteiger partial charge on any atom is 0.220 e. The monoisotopic (exact) mass is 404 g/mol. The second-order valence-corrected chi connectivity index (χ2v) is 7.44. The van der Waals surface area contributed by atoms with Gasteiger partial charge in [0.1, 0.15) is 5.82 Å². The number of nitrogens with zero attached hydrogens (tertiary/aromatic N) is 1. The summed E-state index contributed by atoms with van der Waals surface area (Å²) in [5.41, 5.74) is 3.52. The van der Waals surface area contributed by atoms with E-state index in [0.29, 0.717) is 19.4 Å². The zero-order valence-electron chi connectivity index (χ0n) is 14.3. The summed E-state index contributed by atoms with van der Waals surface area (Å²) >= 11 is 3.63. The lowest BCUT2D eigenvalue weighted by Gasteiger charge is -2.34. The van der Waals surface area contributed by atoms with Crippen LogP contribution in [0.5, 0.6) is 0 Å². The maximum absolute atomic E-state index is 13.2. The second-order valence-electron chi connectivity index (χ2n) is 6.58. The molecule has 1 heterocycles. The molecule has 1 aliphatic heterocycles. The number of likely N-dealkylation sites (N-methyl/N-ethyl adjacent to an activating group) is 1. The van der Waals surface area contributed by atoms with Crippen LogP contribution < -0.4 is 5.32 Å². The van der Waals surface area contributed by atoms with Crippen LogP contribution >= 0.6 is 15.9 Å². The van der Waals surface area contributed by atoms with Gasteiger partial charge in [-0.2, -0.15) is 0 Å². The van der Waals surface area contributed by atoms with Crippen LogP contribution in [0.4, 0.5) is 4.39 Å². The third kappa shape index (κ3) is 4.67. The smallest absolute Gasteiger partial charge is 0.220 e. The van der Waals surface area contributed by atoms with Gasteiger partial charge in [-0.15, -0.1) is 0 Å². The Kier molecular flexibility index (Phi) is 5.86. The van der Waals surface area contributed by atoms with E-state index >= 15 is 0 Å². The van der Waals surface area contributed by atoms with Crippen molar-refractivity contribution in [2.75, 3.05) is 13.6 Å². The van der Waals surface area contributed by atoms with Gasteiger partial charge in [0.15, 0.2) is 0 Å². The molecule has 0 bridgehead atoms. The standard InChI is InChI=1S/C20H22BrFN2O/c1-24-13-15-5-3-7-19(21)18(15)11-17(24)12-23-20(25)9-8-14-4-2-6-16(22)10-14/h2-7,10,17H,8-9,11-13H2,1H3,(H,23,25)/t17-/m0/s1. The first-order valence-electron chi connectivity index (χ1n) is 8.50. The average Bonchev–Trinajstić information content (AvgIpc) is 2.59. The van der Waals surface area contributed by atoms with Crippen molar-refractivity contribution in [3.05, 3.63) is 69.4 Å². The fraction of sp³-hybridized carbons (Fsp3) is 0.350. The Morgan fingerprint density at radius 1 is 1.32 bits per heavy atom. The molecule has 0 spiro atoms. The Morgan fingerprint density at radius 2 is 2.12 bits per heavy atom. The van der Waals surface area contributed by atoms with E-state index in [2.05, 4.69) is 51.4 Å². The number of fused-ring (bicyclic) bond motifs is 1. The number of hydrogen-bond donors (Lipinski definition) is 1. The van der Waals surface area contributed by atoms with Crippen molar-refractivity contribution < 1.29 is 9.18 Å². The fourth-order valence-corrected chi connectivity index (χ4v) is 3.84. The van der Waals surface area contributed by atoms with Crippen molar-refractivity contribution in [2.24, 2.45) is 0 Å². The molecule has 0 radical (unpaired) electrons. The third-order valence-corrected chi connectivity index (χ3v) is 5.51. The molecule has 3 nitrogen and oxygen atoms in total. The van der Waals surface area contributed by atoms with Gasteiger partial charge >= 0.3 is 0 Å². The predicted octanol–water partition coefficient (Wildman–Crippen LogP) is 3.69. The summed E-state index contributed by atoms with van der Waals surface area (Å²) in [6, 6.07) is 13.0. The second kappa shape index (κ2) is 8.11. The minimum Gasteiger partial charge on any atom is -0.355 e. The van der Waals surface area contributed by atoms with E-state index in [1.165, 1.54) is 23.3 Å². The third-order valence-electron chi connectivity index (χ3n) is 4.76. The molecule has 1 atom stereocenters. The molecule has 0 fully saturated rings. The zero-order chi connectivity index (χ0) is 17.8. The molecule has 5 heteroatoms. The highest BCUT2D eigenvalue weighted by molar-refractivity contribution is 9.10. The van der Waals surface area contributed by atoms with E-state index in [0.717, 1.165) is 23.0 Å². The van der Waals surface area contributed by atoms with Gasteiger partial charge in [-0.05, 0) is 54.8 Å². The first-order valence-corrected chi connectivity index (χ1v) is 9.30. The van der Waals surface area contributed by atoms with Gasteiger partial charge in [0, 0.05) is 30.0 Å². The number of rotatable bonds is 5. The Balaban J connectivity index is 1.51. The molecule has 2 aromatic rings. The predicted molar refractivity (Wildman–Crippen MR) is 101 cm³/mol. The largest absolute Gasteiger partial charge is 0.355 e. The molecule has 0 unspecified atom stereocenters.